The van der Waals surface area contributed by atoms with Crippen molar-refractivity contribution in [2.24, 2.45) is 0 Å². The second-order valence-electron chi connectivity index (χ2n) is 6.46. The molecule has 1 heterocycles. The summed E-state index contributed by atoms with van der Waals surface area (Å²) in [4.78, 5) is 16.8. The van der Waals surface area contributed by atoms with Crippen LogP contribution in [0.15, 0.2) is 48.5 Å². The summed E-state index contributed by atoms with van der Waals surface area (Å²) in [5.41, 5.74) is 2.95. The summed E-state index contributed by atoms with van der Waals surface area (Å²) in [6.45, 7) is 4.76. The average Bonchev–Trinajstić information content (AvgIpc) is 2.68. The standard InChI is InChI=1S/C20H26N4O2/c1-23-11-13-24(14-12-23)17-9-7-16(8-10-17)15-21-20(25)22-18-5-3-4-6-19(18)26-2/h3-10H,11-15H2,1-2H3,(H2,21,22,25). The zero-order chi connectivity index (χ0) is 18.4. The molecule has 0 aliphatic carbocycles. The molecule has 6 nitrogen and oxygen atoms in total. The van der Waals surface area contributed by atoms with Gasteiger partial charge in [-0.1, -0.05) is 24.3 Å². The van der Waals surface area contributed by atoms with E-state index in [-0.39, 0.29) is 6.03 Å². The molecule has 2 N–H and O–H groups in total. The summed E-state index contributed by atoms with van der Waals surface area (Å²) in [5.74, 6) is 0.638. The molecule has 0 bridgehead atoms. The number of nitrogens with zero attached hydrogens (tertiary/aromatic N) is 2. The van der Waals surface area contributed by atoms with Crippen LogP contribution in [0.4, 0.5) is 16.2 Å². The SMILES string of the molecule is COc1ccccc1NC(=O)NCc1ccc(N2CCN(C)CC2)cc1. The third-order valence-corrected chi connectivity index (χ3v) is 4.61. The number of piperazine rings is 1. The summed E-state index contributed by atoms with van der Waals surface area (Å²) >= 11 is 0. The molecule has 0 spiro atoms. The Bertz CT molecular complexity index is 725. The molecule has 26 heavy (non-hydrogen) atoms. The van der Waals surface area contributed by atoms with E-state index >= 15 is 0 Å². The first kappa shape index (κ1) is 18.1. The molecule has 3 rings (SSSR count). The number of benzene rings is 2. The quantitative estimate of drug-likeness (QED) is 0.867. The van der Waals surface area contributed by atoms with Gasteiger partial charge in [0.15, 0.2) is 0 Å². The van der Waals surface area contributed by atoms with Crippen LogP contribution in [0.2, 0.25) is 0 Å². The van der Waals surface area contributed by atoms with Crippen LogP contribution in [-0.4, -0.2) is 51.3 Å². The van der Waals surface area contributed by atoms with Gasteiger partial charge >= 0.3 is 6.03 Å². The summed E-state index contributed by atoms with van der Waals surface area (Å²) < 4.78 is 5.24. The fourth-order valence-electron chi connectivity index (χ4n) is 2.99. The van der Waals surface area contributed by atoms with E-state index in [4.69, 9.17) is 4.74 Å². The fraction of sp³-hybridized carbons (Fsp3) is 0.350. The average molecular weight is 354 g/mol. The van der Waals surface area contributed by atoms with Gasteiger partial charge in [0, 0.05) is 38.4 Å². The van der Waals surface area contributed by atoms with Crippen molar-refractivity contribution < 1.29 is 9.53 Å². The number of para-hydroxylation sites is 2. The normalized spacial score (nSPS) is 14.8. The van der Waals surface area contributed by atoms with Gasteiger partial charge in [0.2, 0.25) is 0 Å². The molecule has 1 aliphatic rings. The Morgan fingerprint density at radius 2 is 1.73 bits per heavy atom. The highest BCUT2D eigenvalue weighted by atomic mass is 16.5. The van der Waals surface area contributed by atoms with E-state index in [1.54, 1.807) is 7.11 Å². The monoisotopic (exact) mass is 354 g/mol. The largest absolute Gasteiger partial charge is 0.495 e. The minimum Gasteiger partial charge on any atom is -0.495 e. The van der Waals surface area contributed by atoms with Crippen LogP contribution in [0.25, 0.3) is 0 Å². The number of hydrogen-bond donors (Lipinski definition) is 2. The number of hydrogen-bond acceptors (Lipinski definition) is 4. The summed E-state index contributed by atoms with van der Waals surface area (Å²) in [5, 5.41) is 5.69. The number of rotatable bonds is 5. The van der Waals surface area contributed by atoms with Crippen molar-refractivity contribution in [1.82, 2.24) is 10.2 Å². The topological polar surface area (TPSA) is 56.8 Å². The maximum absolute atomic E-state index is 12.1. The van der Waals surface area contributed by atoms with Gasteiger partial charge in [-0.15, -0.1) is 0 Å². The molecule has 2 aromatic carbocycles. The van der Waals surface area contributed by atoms with Crippen molar-refractivity contribution in [3.05, 3.63) is 54.1 Å². The zero-order valence-electron chi connectivity index (χ0n) is 15.4. The van der Waals surface area contributed by atoms with E-state index in [9.17, 15) is 4.79 Å². The third kappa shape index (κ3) is 4.67. The molecule has 0 atom stereocenters. The number of likely N-dealkylation sites (N-methyl/N-ethyl adjacent to an activating group) is 1. The van der Waals surface area contributed by atoms with Crippen LogP contribution >= 0.6 is 0 Å². The molecule has 0 unspecified atom stereocenters. The Kier molecular flexibility index (Phi) is 5.96. The molecule has 138 valence electrons. The maximum atomic E-state index is 12.1. The Labute approximate surface area is 154 Å². The highest BCUT2D eigenvalue weighted by Gasteiger charge is 2.14. The third-order valence-electron chi connectivity index (χ3n) is 4.61. The molecular weight excluding hydrogens is 328 g/mol. The molecule has 0 saturated carbocycles. The lowest BCUT2D eigenvalue weighted by Gasteiger charge is -2.34. The van der Waals surface area contributed by atoms with Crippen LogP contribution in [0, 0.1) is 0 Å². The highest BCUT2D eigenvalue weighted by molar-refractivity contribution is 5.90. The van der Waals surface area contributed by atoms with Gasteiger partial charge in [0.25, 0.3) is 0 Å². The Morgan fingerprint density at radius 1 is 1.04 bits per heavy atom. The lowest BCUT2D eigenvalue weighted by atomic mass is 10.2. The Hall–Kier alpha value is -2.73. The van der Waals surface area contributed by atoms with E-state index in [1.165, 1.54) is 5.69 Å². The minimum atomic E-state index is -0.252. The van der Waals surface area contributed by atoms with E-state index in [0.29, 0.717) is 18.0 Å². The number of anilines is 2. The van der Waals surface area contributed by atoms with Crippen LogP contribution in [0.5, 0.6) is 5.75 Å². The first-order valence-corrected chi connectivity index (χ1v) is 8.86. The van der Waals surface area contributed by atoms with Crippen LogP contribution in [0.1, 0.15) is 5.56 Å². The van der Waals surface area contributed by atoms with Gasteiger partial charge in [0.1, 0.15) is 5.75 Å². The highest BCUT2D eigenvalue weighted by Crippen LogP contribution is 2.22. The first-order valence-electron chi connectivity index (χ1n) is 8.86. The minimum absolute atomic E-state index is 0.252. The maximum Gasteiger partial charge on any atom is 0.319 e. The van der Waals surface area contributed by atoms with Crippen LogP contribution in [0.3, 0.4) is 0 Å². The molecule has 1 fully saturated rings. The van der Waals surface area contributed by atoms with E-state index in [2.05, 4.69) is 51.7 Å². The Morgan fingerprint density at radius 3 is 2.42 bits per heavy atom. The number of ether oxygens (including phenoxy) is 1. The van der Waals surface area contributed by atoms with Crippen LogP contribution < -0.4 is 20.3 Å². The lowest BCUT2D eigenvalue weighted by Crippen LogP contribution is -2.44. The van der Waals surface area contributed by atoms with Gasteiger partial charge in [-0.05, 0) is 36.9 Å². The molecule has 1 saturated heterocycles. The predicted molar refractivity (Wildman–Crippen MR) is 105 cm³/mol. The number of urea groups is 1. The van der Waals surface area contributed by atoms with Crippen molar-refractivity contribution in [3.63, 3.8) is 0 Å². The lowest BCUT2D eigenvalue weighted by molar-refractivity contribution is 0.251. The number of carbonyl (C=O) groups excluding carboxylic acids is 1. The number of carbonyl (C=O) groups is 1. The number of amides is 2. The van der Waals surface area contributed by atoms with Crippen molar-refractivity contribution >= 4 is 17.4 Å². The van der Waals surface area contributed by atoms with Gasteiger partial charge < -0.3 is 25.2 Å². The molecular formula is C20H26N4O2. The fourth-order valence-corrected chi connectivity index (χ4v) is 2.99. The van der Waals surface area contributed by atoms with Crippen molar-refractivity contribution in [3.8, 4) is 5.75 Å². The summed E-state index contributed by atoms with van der Waals surface area (Å²) in [7, 11) is 3.74. The number of nitrogens with one attached hydrogen (secondary N) is 2. The molecule has 2 amide bonds. The smallest absolute Gasteiger partial charge is 0.319 e. The second kappa shape index (κ2) is 8.58. The molecule has 1 aliphatic heterocycles. The van der Waals surface area contributed by atoms with E-state index in [1.807, 2.05) is 24.3 Å². The van der Waals surface area contributed by atoms with Crippen molar-refractivity contribution in [1.29, 1.82) is 0 Å². The summed E-state index contributed by atoms with van der Waals surface area (Å²) in [6.07, 6.45) is 0. The van der Waals surface area contributed by atoms with Gasteiger partial charge in [0.05, 0.1) is 12.8 Å². The molecule has 6 heteroatoms. The molecule has 0 radical (unpaired) electrons. The van der Waals surface area contributed by atoms with Gasteiger partial charge in [-0.2, -0.15) is 0 Å². The Balaban J connectivity index is 1.50. The molecule has 2 aromatic rings. The predicted octanol–water partition coefficient (Wildman–Crippen LogP) is 2.77. The van der Waals surface area contributed by atoms with Gasteiger partial charge in [-0.25, -0.2) is 4.79 Å². The molecule has 0 aromatic heterocycles. The second-order valence-corrected chi connectivity index (χ2v) is 6.46. The van der Waals surface area contributed by atoms with Gasteiger partial charge in [-0.3, -0.25) is 0 Å². The summed E-state index contributed by atoms with van der Waals surface area (Å²) in [6, 6.07) is 15.5. The van der Waals surface area contributed by atoms with E-state index < -0.39 is 0 Å². The number of methoxy groups -OCH3 is 1. The first-order chi connectivity index (χ1) is 12.7. The van der Waals surface area contributed by atoms with E-state index in [0.717, 1.165) is 31.7 Å². The van der Waals surface area contributed by atoms with Crippen molar-refractivity contribution in [2.75, 3.05) is 50.6 Å². The van der Waals surface area contributed by atoms with Crippen LogP contribution in [-0.2, 0) is 6.54 Å². The zero-order valence-corrected chi connectivity index (χ0v) is 15.4. The van der Waals surface area contributed by atoms with Crippen molar-refractivity contribution in [2.45, 2.75) is 6.54 Å².